The average Bonchev–Trinajstić information content (AvgIpc) is 3.06. The van der Waals surface area contributed by atoms with Crippen molar-refractivity contribution in [3.8, 4) is 11.5 Å². The van der Waals surface area contributed by atoms with Crippen LogP contribution in [0.25, 0.3) is 0 Å². The number of benzene rings is 1. The number of carbonyl (C=O) groups excluding carboxylic acids is 1. The number of ether oxygens (including phenoxy) is 2. The molecule has 2 aliphatic rings. The number of hydrogen-bond acceptors (Lipinski definition) is 5. The zero-order chi connectivity index (χ0) is 14.7. The van der Waals surface area contributed by atoms with Crippen LogP contribution < -0.4 is 14.8 Å². The number of hydrogen-bond donors (Lipinski definition) is 1. The normalized spacial score (nSPS) is 23.9. The number of nitrogens with zero attached hydrogens (tertiary/aromatic N) is 1. The summed E-state index contributed by atoms with van der Waals surface area (Å²) in [6.07, 6.45) is -0.113. The quantitative estimate of drug-likeness (QED) is 0.909. The van der Waals surface area contributed by atoms with Gasteiger partial charge in [-0.2, -0.15) is 0 Å². The zero-order valence-corrected chi connectivity index (χ0v) is 12.9. The fourth-order valence-corrected chi connectivity index (χ4v) is 3.48. The Balaban J connectivity index is 1.61. The number of para-hydroxylation sites is 2. The fraction of sp³-hybridized carbons (Fsp3) is 0.533. The van der Waals surface area contributed by atoms with Crippen molar-refractivity contribution in [2.24, 2.45) is 0 Å². The third-order valence-corrected chi connectivity index (χ3v) is 4.64. The van der Waals surface area contributed by atoms with Crippen molar-refractivity contribution >= 4 is 17.7 Å². The molecule has 1 fully saturated rings. The van der Waals surface area contributed by atoms with E-state index in [-0.39, 0.29) is 18.1 Å². The van der Waals surface area contributed by atoms with E-state index in [2.05, 4.69) is 5.32 Å². The largest absolute Gasteiger partial charge is 0.486 e. The first kappa shape index (κ1) is 14.5. The van der Waals surface area contributed by atoms with Gasteiger partial charge in [0, 0.05) is 18.2 Å². The predicted molar refractivity (Wildman–Crippen MR) is 82.9 cm³/mol. The summed E-state index contributed by atoms with van der Waals surface area (Å²) in [5, 5.41) is 3.22. The molecule has 2 aliphatic heterocycles. The van der Waals surface area contributed by atoms with E-state index in [0.717, 1.165) is 23.1 Å². The molecule has 0 radical (unpaired) electrons. The molecule has 1 aromatic carbocycles. The molecule has 1 amide bonds. The Morgan fingerprint density at radius 3 is 2.95 bits per heavy atom. The third-order valence-electron chi connectivity index (χ3n) is 3.70. The van der Waals surface area contributed by atoms with E-state index in [0.29, 0.717) is 19.7 Å². The number of thioether (sulfide) groups is 1. The van der Waals surface area contributed by atoms with Gasteiger partial charge in [0.15, 0.2) is 17.6 Å². The van der Waals surface area contributed by atoms with E-state index in [1.54, 1.807) is 11.8 Å². The first-order valence-electron chi connectivity index (χ1n) is 7.26. The van der Waals surface area contributed by atoms with Gasteiger partial charge < -0.3 is 14.4 Å². The summed E-state index contributed by atoms with van der Waals surface area (Å²) >= 11 is 1.76. The molecule has 6 heteroatoms. The van der Waals surface area contributed by atoms with Gasteiger partial charge in [-0.3, -0.25) is 10.1 Å². The van der Waals surface area contributed by atoms with Crippen LogP contribution in [0.1, 0.15) is 6.92 Å². The highest BCUT2D eigenvalue weighted by Gasteiger charge is 2.30. The second kappa shape index (κ2) is 6.58. The van der Waals surface area contributed by atoms with E-state index < -0.39 is 0 Å². The Kier molecular flexibility index (Phi) is 4.55. The lowest BCUT2D eigenvalue weighted by Gasteiger charge is -2.31. The van der Waals surface area contributed by atoms with Crippen molar-refractivity contribution in [2.45, 2.75) is 19.1 Å². The summed E-state index contributed by atoms with van der Waals surface area (Å²) in [6, 6.07) is 7.58. The number of nitrogens with one attached hydrogen (secondary N) is 1. The molecule has 0 saturated carbocycles. The van der Waals surface area contributed by atoms with Crippen LogP contribution in [0.15, 0.2) is 24.3 Å². The lowest BCUT2D eigenvalue weighted by Crippen LogP contribution is -2.49. The lowest BCUT2D eigenvalue weighted by molar-refractivity contribution is -0.134. The maximum absolute atomic E-state index is 12.4. The molecule has 2 atom stereocenters. The molecule has 2 heterocycles. The van der Waals surface area contributed by atoms with Crippen LogP contribution in [0, 0.1) is 0 Å². The maximum atomic E-state index is 12.4. The summed E-state index contributed by atoms with van der Waals surface area (Å²) in [4.78, 5) is 14.3. The van der Waals surface area contributed by atoms with Crippen LogP contribution >= 0.6 is 11.8 Å². The van der Waals surface area contributed by atoms with E-state index in [4.69, 9.17) is 9.47 Å². The van der Waals surface area contributed by atoms with E-state index in [1.165, 1.54) is 0 Å². The van der Waals surface area contributed by atoms with Crippen LogP contribution in [0.5, 0.6) is 11.5 Å². The van der Waals surface area contributed by atoms with Crippen LogP contribution in [-0.2, 0) is 4.79 Å². The predicted octanol–water partition coefficient (Wildman–Crippen LogP) is 1.34. The Labute approximate surface area is 129 Å². The van der Waals surface area contributed by atoms with Crippen molar-refractivity contribution in [2.75, 3.05) is 31.3 Å². The number of carbonyl (C=O) groups is 1. The molecule has 0 spiro atoms. The summed E-state index contributed by atoms with van der Waals surface area (Å²) in [6.45, 7) is 3.72. The van der Waals surface area contributed by atoms with Crippen molar-refractivity contribution in [1.82, 2.24) is 10.2 Å². The standard InChI is InChI=1S/C15H20N2O3S/c1-2-17(15(18)12-9-21-10-16-12)7-11-8-19-13-5-3-4-6-14(13)20-11/h3-6,11-12,16H,2,7-10H2,1H3. The molecule has 1 aromatic rings. The van der Waals surface area contributed by atoms with Gasteiger partial charge in [0.2, 0.25) is 5.91 Å². The molecular weight excluding hydrogens is 288 g/mol. The summed E-state index contributed by atoms with van der Waals surface area (Å²) in [7, 11) is 0. The van der Waals surface area contributed by atoms with Gasteiger partial charge in [0.1, 0.15) is 6.61 Å². The molecule has 1 saturated heterocycles. The minimum atomic E-state index is -0.113. The van der Waals surface area contributed by atoms with Crippen LogP contribution in [-0.4, -0.2) is 54.3 Å². The smallest absolute Gasteiger partial charge is 0.240 e. The minimum absolute atomic E-state index is 0.0632. The van der Waals surface area contributed by atoms with E-state index >= 15 is 0 Å². The number of likely N-dealkylation sites (N-methyl/N-ethyl adjacent to an activating group) is 1. The first-order chi connectivity index (χ1) is 10.3. The van der Waals surface area contributed by atoms with Gasteiger partial charge in [0.05, 0.1) is 12.6 Å². The topological polar surface area (TPSA) is 50.8 Å². The van der Waals surface area contributed by atoms with E-state index in [1.807, 2.05) is 36.1 Å². The molecule has 2 unspecified atom stereocenters. The Morgan fingerprint density at radius 1 is 1.43 bits per heavy atom. The van der Waals surface area contributed by atoms with Crippen molar-refractivity contribution < 1.29 is 14.3 Å². The Bertz CT molecular complexity index is 505. The molecule has 0 aliphatic carbocycles. The molecule has 5 nitrogen and oxygen atoms in total. The van der Waals surface area contributed by atoms with Crippen molar-refractivity contribution in [3.05, 3.63) is 24.3 Å². The Hall–Kier alpha value is -1.40. The molecule has 0 aromatic heterocycles. The van der Waals surface area contributed by atoms with Crippen LogP contribution in [0.4, 0.5) is 0 Å². The van der Waals surface area contributed by atoms with Gasteiger partial charge >= 0.3 is 0 Å². The van der Waals surface area contributed by atoms with Gasteiger partial charge in [-0.1, -0.05) is 12.1 Å². The fourth-order valence-electron chi connectivity index (χ4n) is 2.55. The molecule has 0 bridgehead atoms. The second-order valence-electron chi connectivity index (χ2n) is 5.15. The average molecular weight is 308 g/mol. The van der Waals surface area contributed by atoms with Gasteiger partial charge in [-0.15, -0.1) is 11.8 Å². The van der Waals surface area contributed by atoms with Gasteiger partial charge in [-0.05, 0) is 19.1 Å². The highest BCUT2D eigenvalue weighted by molar-refractivity contribution is 7.99. The van der Waals surface area contributed by atoms with Crippen LogP contribution in [0.3, 0.4) is 0 Å². The van der Waals surface area contributed by atoms with Gasteiger partial charge in [0.25, 0.3) is 0 Å². The van der Waals surface area contributed by atoms with Gasteiger partial charge in [-0.25, -0.2) is 0 Å². The summed E-state index contributed by atoms with van der Waals surface area (Å²) < 4.78 is 11.6. The zero-order valence-electron chi connectivity index (χ0n) is 12.1. The molecule has 21 heavy (non-hydrogen) atoms. The molecule has 3 rings (SSSR count). The Morgan fingerprint density at radius 2 is 2.24 bits per heavy atom. The first-order valence-corrected chi connectivity index (χ1v) is 8.41. The third kappa shape index (κ3) is 3.27. The number of rotatable bonds is 4. The summed E-state index contributed by atoms with van der Waals surface area (Å²) in [5.41, 5.74) is 0. The number of fused-ring (bicyclic) bond motifs is 1. The van der Waals surface area contributed by atoms with Crippen molar-refractivity contribution in [1.29, 1.82) is 0 Å². The van der Waals surface area contributed by atoms with E-state index in [9.17, 15) is 4.79 Å². The molecule has 114 valence electrons. The highest BCUT2D eigenvalue weighted by atomic mass is 32.2. The minimum Gasteiger partial charge on any atom is -0.486 e. The number of amides is 1. The maximum Gasteiger partial charge on any atom is 0.240 e. The van der Waals surface area contributed by atoms with Crippen LogP contribution in [0.2, 0.25) is 0 Å². The lowest BCUT2D eigenvalue weighted by atomic mass is 10.2. The molecular formula is C15H20N2O3S. The van der Waals surface area contributed by atoms with Crippen molar-refractivity contribution in [3.63, 3.8) is 0 Å². The monoisotopic (exact) mass is 308 g/mol. The summed E-state index contributed by atoms with van der Waals surface area (Å²) in [5.74, 6) is 3.39. The SMILES string of the molecule is CCN(CC1COc2ccccc2O1)C(=O)C1CSCN1. The molecule has 1 N–H and O–H groups in total. The second-order valence-corrected chi connectivity index (χ2v) is 6.18. The highest BCUT2D eigenvalue weighted by Crippen LogP contribution is 2.31.